The second-order valence-electron chi connectivity index (χ2n) is 10.0. The number of carbonyl (C=O) groups excluding carboxylic acids is 2. The molecule has 0 saturated carbocycles. The zero-order valence-corrected chi connectivity index (χ0v) is 21.5. The van der Waals surface area contributed by atoms with E-state index in [2.05, 4.69) is 20.8 Å². The Kier molecular flexibility index (Phi) is 7.74. The molecule has 0 radical (unpaired) electrons. The number of hydrogen-bond donors (Lipinski definition) is 1. The molecule has 2 aromatic carbocycles. The maximum Gasteiger partial charge on any atom is 0.295 e. The van der Waals surface area contributed by atoms with Crippen LogP contribution in [0.2, 0.25) is 5.02 Å². The molecule has 1 aliphatic heterocycles. The Balaban J connectivity index is 2.11. The van der Waals surface area contributed by atoms with E-state index >= 15 is 0 Å². The first-order chi connectivity index (χ1) is 16.0. The Labute approximate surface area is 206 Å². The first-order valence-corrected chi connectivity index (χ1v) is 11.8. The quantitative estimate of drug-likeness (QED) is 0.372. The molecule has 1 atom stereocenters. The van der Waals surface area contributed by atoms with E-state index in [9.17, 15) is 14.7 Å². The lowest BCUT2D eigenvalue weighted by Crippen LogP contribution is -3.05. The molecule has 1 aliphatic rings. The van der Waals surface area contributed by atoms with Crippen LogP contribution in [0, 0.1) is 0 Å². The fourth-order valence-electron chi connectivity index (χ4n) is 4.18. The first kappa shape index (κ1) is 25.8. The van der Waals surface area contributed by atoms with Gasteiger partial charge >= 0.3 is 0 Å². The smallest absolute Gasteiger partial charge is 0.295 e. The van der Waals surface area contributed by atoms with Crippen LogP contribution in [0.3, 0.4) is 0 Å². The van der Waals surface area contributed by atoms with Gasteiger partial charge in [0, 0.05) is 18.5 Å². The van der Waals surface area contributed by atoms with Crippen LogP contribution in [-0.4, -0.2) is 50.9 Å². The van der Waals surface area contributed by atoms with Gasteiger partial charge in [-0.25, -0.2) is 0 Å². The number of methoxy groups -OCH3 is 1. The first-order valence-electron chi connectivity index (χ1n) is 11.5. The Morgan fingerprint density at radius 2 is 1.76 bits per heavy atom. The summed E-state index contributed by atoms with van der Waals surface area (Å²) in [5, 5.41) is 13.8. The molecule has 0 aromatic heterocycles. The fourth-order valence-corrected chi connectivity index (χ4v) is 4.44. The van der Waals surface area contributed by atoms with Crippen molar-refractivity contribution in [1.82, 2.24) is 4.90 Å². The monoisotopic (exact) mass is 484 g/mol. The number of rotatable bonds is 7. The Morgan fingerprint density at radius 3 is 2.29 bits per heavy atom. The molecule has 34 heavy (non-hydrogen) atoms. The molecule has 2 aromatic rings. The summed E-state index contributed by atoms with van der Waals surface area (Å²) in [4.78, 5) is 29.0. The molecule has 1 heterocycles. The van der Waals surface area contributed by atoms with E-state index in [1.165, 1.54) is 23.0 Å². The van der Waals surface area contributed by atoms with Gasteiger partial charge in [-0.15, -0.1) is 0 Å². The minimum Gasteiger partial charge on any atom is -0.872 e. The van der Waals surface area contributed by atoms with Crippen molar-refractivity contribution in [2.75, 3.05) is 34.3 Å². The van der Waals surface area contributed by atoms with Crippen molar-refractivity contribution in [3.05, 3.63) is 69.8 Å². The summed E-state index contributed by atoms with van der Waals surface area (Å²) in [5.74, 6) is -1.45. The van der Waals surface area contributed by atoms with Gasteiger partial charge in [0.2, 0.25) is 5.78 Å². The minimum absolute atomic E-state index is 0.0352. The average Bonchev–Trinajstić information content (AvgIpc) is 3.02. The highest BCUT2D eigenvalue weighted by molar-refractivity contribution is 6.46. The molecule has 0 bridgehead atoms. The van der Waals surface area contributed by atoms with Gasteiger partial charge in [0.25, 0.3) is 5.91 Å². The maximum atomic E-state index is 13.6. The highest BCUT2D eigenvalue weighted by Crippen LogP contribution is 2.40. The van der Waals surface area contributed by atoms with Gasteiger partial charge in [-0.05, 0) is 34.2 Å². The third-order valence-corrected chi connectivity index (χ3v) is 6.41. The molecule has 6 nitrogen and oxygen atoms in total. The molecule has 7 heteroatoms. The molecule has 1 fully saturated rings. The zero-order valence-electron chi connectivity index (χ0n) is 20.7. The van der Waals surface area contributed by atoms with Crippen molar-refractivity contribution in [2.24, 2.45) is 0 Å². The van der Waals surface area contributed by atoms with Gasteiger partial charge in [-0.2, -0.15) is 0 Å². The largest absolute Gasteiger partial charge is 0.872 e. The minimum atomic E-state index is -0.751. The molecule has 0 aliphatic carbocycles. The highest BCUT2D eigenvalue weighted by Gasteiger charge is 2.44. The van der Waals surface area contributed by atoms with E-state index in [1.54, 1.807) is 12.1 Å². The summed E-state index contributed by atoms with van der Waals surface area (Å²) < 4.78 is 5.17. The normalized spacial score (nSPS) is 18.1. The average molecular weight is 485 g/mol. The van der Waals surface area contributed by atoms with Crippen molar-refractivity contribution in [2.45, 2.75) is 38.6 Å². The van der Waals surface area contributed by atoms with Crippen LogP contribution in [0.5, 0.6) is 5.75 Å². The van der Waals surface area contributed by atoms with Crippen molar-refractivity contribution in [3.8, 4) is 5.75 Å². The van der Waals surface area contributed by atoms with Gasteiger partial charge < -0.3 is 19.6 Å². The molecule has 0 spiro atoms. The van der Waals surface area contributed by atoms with Gasteiger partial charge in [0.1, 0.15) is 5.75 Å². The van der Waals surface area contributed by atoms with Crippen molar-refractivity contribution < 1.29 is 24.3 Å². The van der Waals surface area contributed by atoms with Crippen molar-refractivity contribution >= 4 is 29.1 Å². The van der Waals surface area contributed by atoms with Gasteiger partial charge in [-0.3, -0.25) is 9.59 Å². The Morgan fingerprint density at radius 1 is 1.12 bits per heavy atom. The maximum absolute atomic E-state index is 13.6. The number of halogens is 1. The van der Waals surface area contributed by atoms with Gasteiger partial charge in [-0.1, -0.05) is 68.5 Å². The second kappa shape index (κ2) is 10.2. The molecule has 1 saturated heterocycles. The van der Waals surface area contributed by atoms with Crippen LogP contribution in [0.15, 0.2) is 48.0 Å². The third-order valence-electron chi connectivity index (χ3n) is 6.11. The summed E-state index contributed by atoms with van der Waals surface area (Å²) in [5.41, 5.74) is 2.04. The number of quaternary nitrogens is 1. The zero-order chi connectivity index (χ0) is 25.2. The standard InChI is InChI=1S/C27H33ClN2O4/c1-27(2,3)19-11-8-17(9-12-19)23-22(24(31)18-10-13-21(34-6)20(28)16-18)25(32)26(33)30(23)15-7-14-29(4)5/h8-13,16,23,31H,7,14-15H2,1-6H3. The molecular formula is C27H33ClN2O4. The van der Waals surface area contributed by atoms with Gasteiger partial charge in [0.05, 0.1) is 38.8 Å². The van der Waals surface area contributed by atoms with Crippen LogP contribution in [0.4, 0.5) is 0 Å². The van der Waals surface area contributed by atoms with E-state index in [-0.39, 0.29) is 21.6 Å². The third kappa shape index (κ3) is 5.29. The summed E-state index contributed by atoms with van der Waals surface area (Å²) in [6.45, 7) is 7.59. The molecular weight excluding hydrogens is 452 g/mol. The van der Waals surface area contributed by atoms with Gasteiger partial charge in [0.15, 0.2) is 0 Å². The van der Waals surface area contributed by atoms with E-state index in [1.807, 2.05) is 38.4 Å². The molecule has 3 rings (SSSR count). The summed E-state index contributed by atoms with van der Waals surface area (Å²) in [6.07, 6.45) is 0.716. The number of nitrogens with one attached hydrogen (secondary N) is 1. The predicted molar refractivity (Wildman–Crippen MR) is 132 cm³/mol. The highest BCUT2D eigenvalue weighted by atomic mass is 35.5. The number of benzene rings is 2. The molecule has 1 N–H and O–H groups in total. The van der Waals surface area contributed by atoms with Crippen LogP contribution in [0.1, 0.15) is 49.9 Å². The number of likely N-dealkylation sites (tertiary alicyclic amines) is 1. The van der Waals surface area contributed by atoms with E-state index in [4.69, 9.17) is 16.3 Å². The number of hydrogen-bond acceptors (Lipinski definition) is 4. The molecule has 1 unspecified atom stereocenters. The second-order valence-corrected chi connectivity index (χ2v) is 10.4. The SMILES string of the molecule is COc1ccc(C([O-])=C2C(=O)C(=O)N(CCC[NH+](C)C)C2c2ccc(C(C)(C)C)cc2)cc1Cl. The van der Waals surface area contributed by atoms with Crippen LogP contribution in [-0.2, 0) is 15.0 Å². The Bertz CT molecular complexity index is 1100. The molecule has 182 valence electrons. The summed E-state index contributed by atoms with van der Waals surface area (Å²) >= 11 is 6.23. The van der Waals surface area contributed by atoms with Crippen molar-refractivity contribution in [1.29, 1.82) is 0 Å². The number of Topliss-reactive ketones (excluding diaryl/α,β-unsaturated/α-hetero) is 1. The lowest BCUT2D eigenvalue weighted by atomic mass is 9.85. The lowest BCUT2D eigenvalue weighted by molar-refractivity contribution is -0.858. The number of carbonyl (C=O) groups is 2. The Hall–Kier alpha value is -2.83. The topological polar surface area (TPSA) is 74.1 Å². The summed E-state index contributed by atoms with van der Waals surface area (Å²) in [6, 6.07) is 11.7. The van der Waals surface area contributed by atoms with E-state index in [0.717, 1.165) is 17.7 Å². The number of ketones is 1. The predicted octanol–water partition coefficient (Wildman–Crippen LogP) is 2.40. The lowest BCUT2D eigenvalue weighted by Gasteiger charge is -2.28. The number of nitrogens with zero attached hydrogens (tertiary/aromatic N) is 1. The van der Waals surface area contributed by atoms with Crippen molar-refractivity contribution in [3.63, 3.8) is 0 Å². The summed E-state index contributed by atoms with van der Waals surface area (Å²) in [7, 11) is 5.56. The number of ether oxygens (including phenoxy) is 1. The number of amides is 1. The molecule has 1 amide bonds. The van der Waals surface area contributed by atoms with E-state index < -0.39 is 23.5 Å². The van der Waals surface area contributed by atoms with E-state index in [0.29, 0.717) is 18.7 Å². The van der Waals surface area contributed by atoms with Crippen LogP contribution >= 0.6 is 11.6 Å². The fraction of sp³-hybridized carbons (Fsp3) is 0.407. The van der Waals surface area contributed by atoms with Crippen LogP contribution in [0.25, 0.3) is 5.76 Å². The van der Waals surface area contributed by atoms with Crippen LogP contribution < -0.4 is 14.7 Å².